The van der Waals surface area contributed by atoms with E-state index in [1.807, 2.05) is 25.1 Å². The van der Waals surface area contributed by atoms with Crippen LogP contribution in [0.5, 0.6) is 5.75 Å². The predicted octanol–water partition coefficient (Wildman–Crippen LogP) is 2.15. The second-order valence-corrected chi connectivity index (χ2v) is 7.86. The molecule has 0 bridgehead atoms. The Hall–Kier alpha value is -0.590. The molecule has 0 amide bonds. The Labute approximate surface area is 123 Å². The molecule has 1 aromatic carbocycles. The van der Waals surface area contributed by atoms with E-state index in [4.69, 9.17) is 10.5 Å². The molecule has 0 spiro atoms. The Kier molecular flexibility index (Phi) is 6.29. The number of benzene rings is 1. The average Bonchev–Trinajstić information content (AvgIpc) is 2.25. The smallest absolute Gasteiger partial charge is 0.147 e. The van der Waals surface area contributed by atoms with Gasteiger partial charge in [-0.3, -0.25) is 0 Å². The highest BCUT2D eigenvalue weighted by molar-refractivity contribution is 9.10. The summed E-state index contributed by atoms with van der Waals surface area (Å²) in [4.78, 5) is 0. The van der Waals surface area contributed by atoms with Gasteiger partial charge in [-0.05, 0) is 47.3 Å². The second kappa shape index (κ2) is 7.26. The van der Waals surface area contributed by atoms with Crippen LogP contribution in [0.4, 0.5) is 0 Å². The van der Waals surface area contributed by atoms with Gasteiger partial charge in [-0.1, -0.05) is 12.1 Å². The maximum Gasteiger partial charge on any atom is 0.147 e. The standard InChI is InChI=1S/C13H20BrNO3S/c1-10(15)9-11-5-3-6-12(14)13(11)18-7-4-8-19(2,16)17/h3,5-6,10H,4,7-9,15H2,1-2H3. The van der Waals surface area contributed by atoms with Gasteiger partial charge in [0.05, 0.1) is 16.8 Å². The van der Waals surface area contributed by atoms with E-state index in [1.165, 1.54) is 6.26 Å². The van der Waals surface area contributed by atoms with Gasteiger partial charge in [-0.25, -0.2) is 8.42 Å². The van der Waals surface area contributed by atoms with E-state index in [1.54, 1.807) is 0 Å². The Bertz CT molecular complexity index is 515. The number of para-hydroxylation sites is 1. The van der Waals surface area contributed by atoms with E-state index < -0.39 is 9.84 Å². The molecule has 19 heavy (non-hydrogen) atoms. The maximum atomic E-state index is 11.0. The summed E-state index contributed by atoms with van der Waals surface area (Å²) < 4.78 is 28.6. The van der Waals surface area contributed by atoms with Gasteiger partial charge in [0.25, 0.3) is 0 Å². The third-order valence-corrected chi connectivity index (χ3v) is 4.15. The van der Waals surface area contributed by atoms with Crippen LogP contribution in [-0.2, 0) is 16.3 Å². The summed E-state index contributed by atoms with van der Waals surface area (Å²) in [5.41, 5.74) is 6.84. The van der Waals surface area contributed by atoms with Crippen molar-refractivity contribution in [1.82, 2.24) is 0 Å². The molecule has 0 radical (unpaired) electrons. The predicted molar refractivity (Wildman–Crippen MR) is 81.3 cm³/mol. The normalized spacial score (nSPS) is 13.3. The van der Waals surface area contributed by atoms with Crippen LogP contribution in [0.2, 0.25) is 0 Å². The van der Waals surface area contributed by atoms with Crippen LogP contribution in [-0.4, -0.2) is 33.1 Å². The van der Waals surface area contributed by atoms with Crippen molar-refractivity contribution in [1.29, 1.82) is 0 Å². The average molecular weight is 350 g/mol. The van der Waals surface area contributed by atoms with Gasteiger partial charge in [0.2, 0.25) is 0 Å². The van der Waals surface area contributed by atoms with E-state index in [9.17, 15) is 8.42 Å². The van der Waals surface area contributed by atoms with Crippen molar-refractivity contribution in [3.63, 3.8) is 0 Å². The van der Waals surface area contributed by atoms with Crippen molar-refractivity contribution >= 4 is 25.8 Å². The van der Waals surface area contributed by atoms with Crippen LogP contribution in [0, 0.1) is 0 Å². The van der Waals surface area contributed by atoms with E-state index in [-0.39, 0.29) is 11.8 Å². The first-order valence-corrected chi connectivity index (χ1v) is 8.98. The van der Waals surface area contributed by atoms with Crippen molar-refractivity contribution in [2.75, 3.05) is 18.6 Å². The van der Waals surface area contributed by atoms with Crippen LogP contribution in [0.25, 0.3) is 0 Å². The molecule has 4 nitrogen and oxygen atoms in total. The van der Waals surface area contributed by atoms with Gasteiger partial charge >= 0.3 is 0 Å². The molecule has 1 unspecified atom stereocenters. The first kappa shape index (κ1) is 16.5. The fourth-order valence-electron chi connectivity index (χ4n) is 1.72. The first-order valence-electron chi connectivity index (χ1n) is 6.13. The summed E-state index contributed by atoms with van der Waals surface area (Å²) in [6.45, 7) is 2.32. The second-order valence-electron chi connectivity index (χ2n) is 4.74. The third-order valence-electron chi connectivity index (χ3n) is 2.50. The van der Waals surface area contributed by atoms with E-state index in [0.717, 1.165) is 22.2 Å². The van der Waals surface area contributed by atoms with Crippen molar-refractivity contribution in [3.8, 4) is 5.75 Å². The Morgan fingerprint density at radius 3 is 2.68 bits per heavy atom. The zero-order valence-corrected chi connectivity index (χ0v) is 13.6. The van der Waals surface area contributed by atoms with Crippen LogP contribution in [0.15, 0.2) is 22.7 Å². The lowest BCUT2D eigenvalue weighted by Crippen LogP contribution is -2.18. The zero-order chi connectivity index (χ0) is 14.5. The lowest BCUT2D eigenvalue weighted by atomic mass is 10.1. The van der Waals surface area contributed by atoms with Gasteiger partial charge in [-0.2, -0.15) is 0 Å². The Morgan fingerprint density at radius 1 is 1.42 bits per heavy atom. The lowest BCUT2D eigenvalue weighted by molar-refractivity contribution is 0.312. The number of rotatable bonds is 7. The highest BCUT2D eigenvalue weighted by Crippen LogP contribution is 2.30. The summed E-state index contributed by atoms with van der Waals surface area (Å²) in [5, 5.41) is 0. The van der Waals surface area contributed by atoms with Crippen LogP contribution in [0.3, 0.4) is 0 Å². The van der Waals surface area contributed by atoms with Gasteiger partial charge in [0.1, 0.15) is 15.6 Å². The van der Waals surface area contributed by atoms with Crippen molar-refractivity contribution in [2.45, 2.75) is 25.8 Å². The highest BCUT2D eigenvalue weighted by atomic mass is 79.9. The van der Waals surface area contributed by atoms with E-state index in [2.05, 4.69) is 15.9 Å². The molecule has 1 aromatic rings. The van der Waals surface area contributed by atoms with Crippen molar-refractivity contribution in [3.05, 3.63) is 28.2 Å². The number of hydrogen-bond acceptors (Lipinski definition) is 4. The fraction of sp³-hybridized carbons (Fsp3) is 0.538. The molecule has 2 N–H and O–H groups in total. The van der Waals surface area contributed by atoms with Crippen molar-refractivity contribution < 1.29 is 13.2 Å². The molecule has 0 fully saturated rings. The Balaban J connectivity index is 2.66. The molecule has 0 aliphatic heterocycles. The topological polar surface area (TPSA) is 69.4 Å². The number of halogens is 1. The minimum atomic E-state index is -2.93. The summed E-state index contributed by atoms with van der Waals surface area (Å²) in [6.07, 6.45) is 2.44. The minimum absolute atomic E-state index is 0.0488. The van der Waals surface area contributed by atoms with Crippen LogP contribution < -0.4 is 10.5 Å². The zero-order valence-electron chi connectivity index (χ0n) is 11.2. The molecule has 6 heteroatoms. The van der Waals surface area contributed by atoms with E-state index in [0.29, 0.717) is 13.0 Å². The molecule has 0 heterocycles. The molecular formula is C13H20BrNO3S. The number of sulfone groups is 1. The Morgan fingerprint density at radius 2 is 2.11 bits per heavy atom. The molecule has 0 aliphatic rings. The molecule has 0 aromatic heterocycles. The monoisotopic (exact) mass is 349 g/mol. The van der Waals surface area contributed by atoms with Crippen LogP contribution in [0.1, 0.15) is 18.9 Å². The molecule has 1 atom stereocenters. The number of nitrogens with two attached hydrogens (primary N) is 1. The molecule has 0 saturated heterocycles. The van der Waals surface area contributed by atoms with Gasteiger partial charge in [-0.15, -0.1) is 0 Å². The fourth-order valence-corrected chi connectivity index (χ4v) is 2.88. The van der Waals surface area contributed by atoms with E-state index >= 15 is 0 Å². The summed E-state index contributed by atoms with van der Waals surface area (Å²) in [7, 11) is -2.93. The van der Waals surface area contributed by atoms with Gasteiger partial charge in [0.15, 0.2) is 0 Å². The third kappa shape index (κ3) is 6.40. The SMILES string of the molecule is CC(N)Cc1cccc(Br)c1OCCCS(C)(=O)=O. The minimum Gasteiger partial charge on any atom is -0.492 e. The lowest BCUT2D eigenvalue weighted by Gasteiger charge is -2.14. The number of ether oxygens (including phenoxy) is 1. The quantitative estimate of drug-likeness (QED) is 0.765. The first-order chi connectivity index (χ1) is 8.79. The summed E-state index contributed by atoms with van der Waals surface area (Å²) >= 11 is 3.44. The van der Waals surface area contributed by atoms with Crippen LogP contribution >= 0.6 is 15.9 Å². The largest absolute Gasteiger partial charge is 0.492 e. The summed E-state index contributed by atoms with van der Waals surface area (Å²) in [6, 6.07) is 5.86. The maximum absolute atomic E-state index is 11.0. The summed E-state index contributed by atoms with van der Waals surface area (Å²) in [5.74, 6) is 0.897. The highest BCUT2D eigenvalue weighted by Gasteiger charge is 2.10. The molecular weight excluding hydrogens is 330 g/mol. The number of hydrogen-bond donors (Lipinski definition) is 1. The molecule has 0 saturated carbocycles. The molecule has 0 aliphatic carbocycles. The molecule has 108 valence electrons. The van der Waals surface area contributed by atoms with Gasteiger partial charge < -0.3 is 10.5 Å². The van der Waals surface area contributed by atoms with Gasteiger partial charge in [0, 0.05) is 12.3 Å². The molecule has 1 rings (SSSR count). The van der Waals surface area contributed by atoms with Crippen molar-refractivity contribution in [2.24, 2.45) is 5.73 Å².